The first-order valence-corrected chi connectivity index (χ1v) is 8.43. The van der Waals surface area contributed by atoms with Gasteiger partial charge in [-0.15, -0.1) is 11.6 Å². The van der Waals surface area contributed by atoms with Gasteiger partial charge in [-0.25, -0.2) is 0 Å². The SMILES string of the molecule is N#CC1c2cccn2-c2ccccc2N1C(=O)c1ccccc1CCl. The highest BCUT2D eigenvalue weighted by Crippen LogP contribution is 2.39. The van der Waals surface area contributed by atoms with Crippen molar-refractivity contribution in [2.24, 2.45) is 0 Å². The number of aromatic nitrogens is 1. The van der Waals surface area contributed by atoms with Gasteiger partial charge in [0, 0.05) is 17.6 Å². The zero-order chi connectivity index (χ0) is 17.4. The minimum Gasteiger partial charge on any atom is -0.316 e. The summed E-state index contributed by atoms with van der Waals surface area (Å²) in [6.45, 7) is 0. The summed E-state index contributed by atoms with van der Waals surface area (Å²) >= 11 is 6.01. The Bertz CT molecular complexity index is 1000. The lowest BCUT2D eigenvalue weighted by Crippen LogP contribution is -2.39. The number of rotatable bonds is 2. The quantitative estimate of drug-likeness (QED) is 0.643. The molecule has 1 unspecified atom stereocenters. The number of carbonyl (C=O) groups excluding carboxylic acids is 1. The molecule has 3 aromatic rings. The molecule has 0 saturated carbocycles. The van der Waals surface area contributed by atoms with E-state index in [4.69, 9.17) is 11.6 Å². The van der Waals surface area contributed by atoms with E-state index in [0.29, 0.717) is 11.3 Å². The van der Waals surface area contributed by atoms with Crippen LogP contribution in [0, 0.1) is 11.3 Å². The molecule has 1 atom stereocenters. The van der Waals surface area contributed by atoms with Crippen molar-refractivity contribution >= 4 is 23.2 Å². The maximum atomic E-state index is 13.4. The molecule has 2 heterocycles. The van der Waals surface area contributed by atoms with Gasteiger partial charge in [-0.1, -0.05) is 30.3 Å². The van der Waals surface area contributed by atoms with Gasteiger partial charge in [0.2, 0.25) is 0 Å². The molecule has 5 heteroatoms. The summed E-state index contributed by atoms with van der Waals surface area (Å²) in [4.78, 5) is 14.9. The van der Waals surface area contributed by atoms with Gasteiger partial charge in [0.25, 0.3) is 5.91 Å². The lowest BCUT2D eigenvalue weighted by atomic mass is 10.0. The van der Waals surface area contributed by atoms with Gasteiger partial charge in [-0.3, -0.25) is 9.69 Å². The van der Waals surface area contributed by atoms with Crippen LogP contribution in [0.2, 0.25) is 0 Å². The molecule has 122 valence electrons. The van der Waals surface area contributed by atoms with E-state index in [1.807, 2.05) is 65.4 Å². The van der Waals surface area contributed by atoms with Crippen molar-refractivity contribution in [3.8, 4) is 11.8 Å². The van der Waals surface area contributed by atoms with Crippen LogP contribution in [-0.2, 0) is 5.88 Å². The van der Waals surface area contributed by atoms with Gasteiger partial charge in [0.1, 0.15) is 0 Å². The third-order valence-electron chi connectivity index (χ3n) is 4.45. The second kappa shape index (κ2) is 6.12. The summed E-state index contributed by atoms with van der Waals surface area (Å²) in [6.07, 6.45) is 1.91. The van der Waals surface area contributed by atoms with Gasteiger partial charge in [-0.2, -0.15) is 5.26 Å². The standard InChI is InChI=1S/C20H14ClN3O/c21-12-14-6-1-2-7-15(14)20(25)24-18-9-4-3-8-16(18)23-11-5-10-17(23)19(24)13-22/h1-11,19H,12H2. The Kier molecular flexibility index (Phi) is 3.79. The van der Waals surface area contributed by atoms with Gasteiger partial charge in [-0.05, 0) is 35.9 Å². The van der Waals surface area contributed by atoms with Crippen LogP contribution in [0.5, 0.6) is 0 Å². The number of hydrogen-bond donors (Lipinski definition) is 0. The van der Waals surface area contributed by atoms with Crippen molar-refractivity contribution in [2.45, 2.75) is 11.9 Å². The fourth-order valence-corrected chi connectivity index (χ4v) is 3.54. The summed E-state index contributed by atoms with van der Waals surface area (Å²) in [7, 11) is 0. The first-order valence-electron chi connectivity index (χ1n) is 7.90. The number of fused-ring (bicyclic) bond motifs is 3. The van der Waals surface area contributed by atoms with E-state index in [1.54, 1.807) is 11.0 Å². The monoisotopic (exact) mass is 347 g/mol. The molecule has 0 spiro atoms. The van der Waals surface area contributed by atoms with Crippen LogP contribution in [0.4, 0.5) is 5.69 Å². The molecule has 1 amide bonds. The Morgan fingerprint density at radius 2 is 1.76 bits per heavy atom. The number of anilines is 1. The molecule has 4 rings (SSSR count). The van der Waals surface area contributed by atoms with Crippen LogP contribution in [0.25, 0.3) is 5.69 Å². The number of para-hydroxylation sites is 2. The van der Waals surface area contributed by atoms with Crippen molar-refractivity contribution < 1.29 is 4.79 Å². The highest BCUT2D eigenvalue weighted by Gasteiger charge is 2.35. The zero-order valence-electron chi connectivity index (χ0n) is 13.3. The maximum Gasteiger partial charge on any atom is 0.260 e. The van der Waals surface area contributed by atoms with Gasteiger partial charge in [0.15, 0.2) is 6.04 Å². The van der Waals surface area contributed by atoms with Crippen LogP contribution in [0.15, 0.2) is 66.9 Å². The number of amides is 1. The smallest absolute Gasteiger partial charge is 0.260 e. The van der Waals surface area contributed by atoms with Crippen molar-refractivity contribution in [3.05, 3.63) is 83.7 Å². The summed E-state index contributed by atoms with van der Waals surface area (Å²) in [5.41, 5.74) is 3.65. The topological polar surface area (TPSA) is 49.0 Å². The zero-order valence-corrected chi connectivity index (χ0v) is 14.0. The fraction of sp³-hybridized carbons (Fsp3) is 0.100. The fourth-order valence-electron chi connectivity index (χ4n) is 3.31. The van der Waals surface area contributed by atoms with E-state index in [0.717, 1.165) is 16.9 Å². The molecule has 0 fully saturated rings. The predicted octanol–water partition coefficient (Wildman–Crippen LogP) is 4.44. The molecule has 2 aromatic carbocycles. The van der Waals surface area contributed by atoms with Crippen molar-refractivity contribution in [1.29, 1.82) is 5.26 Å². The largest absolute Gasteiger partial charge is 0.316 e. The molecular weight excluding hydrogens is 334 g/mol. The minimum atomic E-state index is -0.694. The molecule has 4 nitrogen and oxygen atoms in total. The van der Waals surface area contributed by atoms with E-state index < -0.39 is 6.04 Å². The Hall–Kier alpha value is -3.03. The second-order valence-electron chi connectivity index (χ2n) is 5.79. The normalized spacial score (nSPS) is 15.2. The molecule has 0 bridgehead atoms. The van der Waals surface area contributed by atoms with Crippen molar-refractivity contribution in [2.75, 3.05) is 4.90 Å². The number of hydrogen-bond acceptors (Lipinski definition) is 2. The molecule has 0 N–H and O–H groups in total. The van der Waals surface area contributed by atoms with Gasteiger partial charge < -0.3 is 4.57 Å². The number of nitrogens with zero attached hydrogens (tertiary/aromatic N) is 3. The van der Waals surface area contributed by atoms with E-state index >= 15 is 0 Å². The number of nitriles is 1. The third kappa shape index (κ3) is 2.33. The van der Waals surface area contributed by atoms with E-state index in [-0.39, 0.29) is 11.8 Å². The van der Waals surface area contributed by atoms with Crippen LogP contribution < -0.4 is 4.90 Å². The maximum absolute atomic E-state index is 13.4. The predicted molar refractivity (Wildman–Crippen MR) is 96.9 cm³/mol. The average molecular weight is 348 g/mol. The number of alkyl halides is 1. The second-order valence-corrected chi connectivity index (χ2v) is 6.06. The average Bonchev–Trinajstić information content (AvgIpc) is 3.16. The molecule has 25 heavy (non-hydrogen) atoms. The van der Waals surface area contributed by atoms with E-state index in [2.05, 4.69) is 6.07 Å². The van der Waals surface area contributed by atoms with Crippen molar-refractivity contribution in [3.63, 3.8) is 0 Å². The Morgan fingerprint density at radius 3 is 2.52 bits per heavy atom. The van der Waals surface area contributed by atoms with Gasteiger partial charge >= 0.3 is 0 Å². The molecular formula is C20H14ClN3O. The lowest BCUT2D eigenvalue weighted by molar-refractivity contribution is 0.0979. The number of halogens is 1. The molecule has 1 aliphatic heterocycles. The third-order valence-corrected chi connectivity index (χ3v) is 4.74. The van der Waals surface area contributed by atoms with Crippen LogP contribution in [0.3, 0.4) is 0 Å². The van der Waals surface area contributed by atoms with Crippen molar-refractivity contribution in [1.82, 2.24) is 4.57 Å². The van der Waals surface area contributed by atoms with Crippen LogP contribution in [0.1, 0.15) is 27.7 Å². The summed E-state index contributed by atoms with van der Waals surface area (Å²) < 4.78 is 1.96. The first kappa shape index (κ1) is 15.5. The van der Waals surface area contributed by atoms with Crippen LogP contribution >= 0.6 is 11.6 Å². The molecule has 1 aromatic heterocycles. The van der Waals surface area contributed by atoms with Crippen LogP contribution in [-0.4, -0.2) is 10.5 Å². The molecule has 0 radical (unpaired) electrons. The molecule has 0 saturated heterocycles. The summed E-state index contributed by atoms with van der Waals surface area (Å²) in [6, 6.07) is 20.2. The highest BCUT2D eigenvalue weighted by atomic mass is 35.5. The highest BCUT2D eigenvalue weighted by molar-refractivity contribution is 6.18. The first-order chi connectivity index (χ1) is 12.3. The molecule has 0 aliphatic carbocycles. The lowest BCUT2D eigenvalue weighted by Gasteiger charge is -2.35. The summed E-state index contributed by atoms with van der Waals surface area (Å²) in [5.74, 6) is 0.0213. The van der Waals surface area contributed by atoms with E-state index in [1.165, 1.54) is 0 Å². The van der Waals surface area contributed by atoms with E-state index in [9.17, 15) is 10.1 Å². The Labute approximate surface area is 150 Å². The number of benzene rings is 2. The Balaban J connectivity index is 1.92. The summed E-state index contributed by atoms with van der Waals surface area (Å²) in [5, 5.41) is 9.79. The molecule has 1 aliphatic rings. The minimum absolute atomic E-state index is 0.220. The Morgan fingerprint density at radius 1 is 1.04 bits per heavy atom. The number of carbonyl (C=O) groups is 1. The van der Waals surface area contributed by atoms with Gasteiger partial charge in [0.05, 0.1) is 23.1 Å².